The Morgan fingerprint density at radius 2 is 1.67 bits per heavy atom. The van der Waals surface area contributed by atoms with Gasteiger partial charge in [-0.05, 0) is 37.3 Å². The first kappa shape index (κ1) is 14.8. The van der Waals surface area contributed by atoms with Crippen LogP contribution in [0.5, 0.6) is 17.2 Å². The second-order valence-corrected chi connectivity index (χ2v) is 4.39. The molecule has 0 saturated heterocycles. The molecular formula is C16H17NO4. The summed E-state index contributed by atoms with van der Waals surface area (Å²) >= 11 is 0. The fourth-order valence-electron chi connectivity index (χ4n) is 2.03. The lowest BCUT2D eigenvalue weighted by Crippen LogP contribution is -1.96. The number of carbonyl (C=O) groups is 1. The maximum Gasteiger partial charge on any atom is 0.152 e. The Morgan fingerprint density at radius 1 is 1.05 bits per heavy atom. The number of hydrogen-bond acceptors (Lipinski definition) is 5. The Labute approximate surface area is 123 Å². The van der Waals surface area contributed by atoms with Crippen molar-refractivity contribution in [3.63, 3.8) is 0 Å². The van der Waals surface area contributed by atoms with Gasteiger partial charge < -0.3 is 14.2 Å². The minimum Gasteiger partial charge on any atom is -0.496 e. The molecule has 1 aromatic carbocycles. The molecule has 21 heavy (non-hydrogen) atoms. The first-order chi connectivity index (χ1) is 10.1. The number of hydrogen-bond donors (Lipinski definition) is 0. The van der Waals surface area contributed by atoms with Crippen LogP contribution in [0.1, 0.15) is 12.6 Å². The zero-order valence-corrected chi connectivity index (χ0v) is 12.5. The lowest BCUT2D eigenvalue weighted by atomic mass is 10.1. The van der Waals surface area contributed by atoms with Crippen LogP contribution in [0.25, 0.3) is 17.0 Å². The molecule has 0 fully saturated rings. The molecule has 5 heteroatoms. The maximum absolute atomic E-state index is 11.1. The fraction of sp³-hybridized carbons (Fsp3) is 0.250. The normalized spacial score (nSPS) is 10.9. The first-order valence-electron chi connectivity index (χ1n) is 6.39. The van der Waals surface area contributed by atoms with Crippen LogP contribution in [-0.2, 0) is 4.79 Å². The highest BCUT2D eigenvalue weighted by Gasteiger charge is 2.13. The zero-order valence-electron chi connectivity index (χ0n) is 12.5. The van der Waals surface area contributed by atoms with Crippen LogP contribution in [-0.4, -0.2) is 32.1 Å². The van der Waals surface area contributed by atoms with Crippen molar-refractivity contribution in [2.24, 2.45) is 0 Å². The summed E-state index contributed by atoms with van der Waals surface area (Å²) in [6.07, 6.45) is 3.07. The van der Waals surface area contributed by atoms with Crippen molar-refractivity contribution in [3.8, 4) is 17.2 Å². The Kier molecular flexibility index (Phi) is 4.42. The van der Waals surface area contributed by atoms with E-state index in [2.05, 4.69) is 4.98 Å². The molecule has 0 amide bonds. The minimum atomic E-state index is -0.0587. The van der Waals surface area contributed by atoms with Gasteiger partial charge in [0.25, 0.3) is 0 Å². The van der Waals surface area contributed by atoms with E-state index >= 15 is 0 Å². The van der Waals surface area contributed by atoms with Gasteiger partial charge in [-0.1, -0.05) is 0 Å². The number of benzene rings is 1. The van der Waals surface area contributed by atoms with E-state index in [-0.39, 0.29) is 5.78 Å². The van der Waals surface area contributed by atoms with E-state index in [0.29, 0.717) is 28.5 Å². The summed E-state index contributed by atoms with van der Waals surface area (Å²) in [7, 11) is 4.73. The summed E-state index contributed by atoms with van der Waals surface area (Å²) in [5.41, 5.74) is 1.22. The van der Waals surface area contributed by atoms with E-state index in [1.165, 1.54) is 13.0 Å². The molecule has 5 nitrogen and oxygen atoms in total. The highest BCUT2D eigenvalue weighted by Crippen LogP contribution is 2.35. The molecule has 110 valence electrons. The predicted octanol–water partition coefficient (Wildman–Crippen LogP) is 2.86. The van der Waals surface area contributed by atoms with Crippen molar-refractivity contribution in [2.75, 3.05) is 21.3 Å². The van der Waals surface area contributed by atoms with Crippen molar-refractivity contribution >= 4 is 22.8 Å². The second-order valence-electron chi connectivity index (χ2n) is 4.39. The van der Waals surface area contributed by atoms with Crippen molar-refractivity contribution < 1.29 is 19.0 Å². The van der Waals surface area contributed by atoms with Gasteiger partial charge in [-0.3, -0.25) is 4.79 Å². The second kappa shape index (κ2) is 6.26. The molecule has 2 aromatic rings. The molecule has 0 bridgehead atoms. The minimum absolute atomic E-state index is 0.0587. The lowest BCUT2D eigenvalue weighted by Gasteiger charge is -2.12. The number of ether oxygens (including phenoxy) is 3. The Balaban J connectivity index is 2.74. The van der Waals surface area contributed by atoms with Crippen LogP contribution in [0.2, 0.25) is 0 Å². The summed E-state index contributed by atoms with van der Waals surface area (Å²) in [5, 5.41) is 0.786. The van der Waals surface area contributed by atoms with Crippen LogP contribution < -0.4 is 14.2 Å². The van der Waals surface area contributed by atoms with E-state index in [1.807, 2.05) is 12.1 Å². The Bertz CT molecular complexity index is 707. The van der Waals surface area contributed by atoms with Crippen LogP contribution in [0.4, 0.5) is 0 Å². The van der Waals surface area contributed by atoms with Crippen LogP contribution in [0.15, 0.2) is 24.3 Å². The summed E-state index contributed by atoms with van der Waals surface area (Å²) in [4.78, 5) is 15.6. The highest BCUT2D eigenvalue weighted by atomic mass is 16.5. The lowest BCUT2D eigenvalue weighted by molar-refractivity contribution is -0.112. The number of rotatable bonds is 5. The Hall–Kier alpha value is -2.56. The third-order valence-electron chi connectivity index (χ3n) is 3.04. The number of methoxy groups -OCH3 is 3. The van der Waals surface area contributed by atoms with E-state index in [1.54, 1.807) is 33.5 Å². The van der Waals surface area contributed by atoms with Gasteiger partial charge in [-0.2, -0.15) is 0 Å². The molecule has 0 saturated carbocycles. The summed E-state index contributed by atoms with van der Waals surface area (Å²) in [6.45, 7) is 1.48. The number of nitrogens with zero attached hydrogens (tertiary/aromatic N) is 1. The van der Waals surface area contributed by atoms with Gasteiger partial charge in [-0.15, -0.1) is 0 Å². The third-order valence-corrected chi connectivity index (χ3v) is 3.04. The summed E-state index contributed by atoms with van der Waals surface area (Å²) < 4.78 is 16.0. The van der Waals surface area contributed by atoms with Gasteiger partial charge in [-0.25, -0.2) is 4.98 Å². The summed E-state index contributed by atoms with van der Waals surface area (Å²) in [5.74, 6) is 1.81. The molecule has 0 atom stereocenters. The maximum atomic E-state index is 11.1. The first-order valence-corrected chi connectivity index (χ1v) is 6.39. The molecule has 0 radical (unpaired) electrons. The molecule has 2 rings (SSSR count). The number of allylic oxidation sites excluding steroid dienone is 1. The topological polar surface area (TPSA) is 57.6 Å². The van der Waals surface area contributed by atoms with Gasteiger partial charge >= 0.3 is 0 Å². The highest BCUT2D eigenvalue weighted by molar-refractivity contribution is 5.94. The molecule has 1 heterocycles. The molecule has 0 aliphatic heterocycles. The smallest absolute Gasteiger partial charge is 0.152 e. The van der Waals surface area contributed by atoms with Gasteiger partial charge in [0.1, 0.15) is 28.5 Å². The monoisotopic (exact) mass is 287 g/mol. The number of ketones is 1. The molecule has 0 spiro atoms. The number of pyridine rings is 1. The standard InChI is InChI=1S/C16H17NO4/c1-10(18)5-6-12-15(21-4)9-11-13(19-2)7-8-14(20-3)16(11)17-12/h5-9H,1-4H3. The molecular weight excluding hydrogens is 270 g/mol. The average molecular weight is 287 g/mol. The van der Waals surface area contributed by atoms with E-state index in [4.69, 9.17) is 14.2 Å². The van der Waals surface area contributed by atoms with Gasteiger partial charge in [0, 0.05) is 5.39 Å². The van der Waals surface area contributed by atoms with Gasteiger partial charge in [0.2, 0.25) is 0 Å². The van der Waals surface area contributed by atoms with E-state index in [9.17, 15) is 4.79 Å². The van der Waals surface area contributed by atoms with Crippen molar-refractivity contribution in [3.05, 3.63) is 30.0 Å². The predicted molar refractivity (Wildman–Crippen MR) is 81.1 cm³/mol. The molecule has 1 aromatic heterocycles. The molecule has 0 aliphatic rings. The van der Waals surface area contributed by atoms with Crippen molar-refractivity contribution in [1.82, 2.24) is 4.98 Å². The SMILES string of the molecule is COc1cc2c(OC)ccc(OC)c2nc1C=CC(C)=O. The largest absolute Gasteiger partial charge is 0.496 e. The van der Waals surface area contributed by atoms with Crippen molar-refractivity contribution in [1.29, 1.82) is 0 Å². The number of fused-ring (bicyclic) bond motifs is 1. The van der Waals surface area contributed by atoms with Crippen molar-refractivity contribution in [2.45, 2.75) is 6.92 Å². The fourth-order valence-corrected chi connectivity index (χ4v) is 2.03. The van der Waals surface area contributed by atoms with Crippen LogP contribution in [0.3, 0.4) is 0 Å². The zero-order chi connectivity index (χ0) is 15.4. The molecule has 0 N–H and O–H groups in total. The van der Waals surface area contributed by atoms with E-state index in [0.717, 1.165) is 5.39 Å². The van der Waals surface area contributed by atoms with E-state index < -0.39 is 0 Å². The number of carbonyl (C=O) groups excluding carboxylic acids is 1. The van der Waals surface area contributed by atoms with Crippen LogP contribution in [0, 0.1) is 0 Å². The quantitative estimate of drug-likeness (QED) is 0.791. The number of aromatic nitrogens is 1. The van der Waals surface area contributed by atoms with Gasteiger partial charge in [0.05, 0.1) is 21.3 Å². The molecule has 0 unspecified atom stereocenters. The summed E-state index contributed by atoms with van der Waals surface area (Å²) in [6, 6.07) is 5.43. The molecule has 0 aliphatic carbocycles. The third kappa shape index (κ3) is 2.97. The van der Waals surface area contributed by atoms with Crippen LogP contribution >= 0.6 is 0 Å². The average Bonchev–Trinajstić information content (AvgIpc) is 2.50. The van der Waals surface area contributed by atoms with Gasteiger partial charge in [0.15, 0.2) is 5.78 Å². The Morgan fingerprint density at radius 3 is 2.24 bits per heavy atom.